The highest BCUT2D eigenvalue weighted by molar-refractivity contribution is 6.06. The second-order valence-corrected chi connectivity index (χ2v) is 8.42. The van der Waals surface area contributed by atoms with Crippen LogP contribution in [0.25, 0.3) is 11.1 Å². The summed E-state index contributed by atoms with van der Waals surface area (Å²) >= 11 is 0. The average molecular weight is 339 g/mol. The number of hydrogen-bond acceptors (Lipinski definition) is 4. The van der Waals surface area contributed by atoms with Crippen LogP contribution in [0.2, 0.25) is 0 Å². The molecule has 3 aliphatic carbocycles. The molecule has 0 saturated heterocycles. The van der Waals surface area contributed by atoms with Gasteiger partial charge in [0.1, 0.15) is 0 Å². The Bertz CT molecular complexity index is 839. The molecule has 3 aliphatic rings. The SMILES string of the molecule is Cc1noc2nc(C3CC3)cc(C(=O)N[C@@H](C)[C@H]3C[C@H]4CC[C@H]3C4)c12. The predicted octanol–water partition coefficient (Wildman–Crippen LogP) is 3.96. The minimum absolute atomic E-state index is 0.00382. The minimum atomic E-state index is -0.00382. The highest BCUT2D eigenvalue weighted by Gasteiger charge is 2.42. The van der Waals surface area contributed by atoms with Crippen LogP contribution in [0.1, 0.15) is 73.1 Å². The summed E-state index contributed by atoms with van der Waals surface area (Å²) in [6, 6.07) is 2.18. The van der Waals surface area contributed by atoms with Gasteiger partial charge in [0, 0.05) is 17.7 Å². The molecule has 0 aromatic carbocycles. The van der Waals surface area contributed by atoms with Gasteiger partial charge in [-0.1, -0.05) is 11.6 Å². The Kier molecular flexibility index (Phi) is 3.41. The standard InChI is InChI=1S/C20H25N3O2/c1-10(15-8-12-3-4-14(15)7-12)21-19(24)16-9-17(13-5-6-13)22-20-18(16)11(2)23-25-20/h9-10,12-15H,3-8H2,1-2H3,(H,21,24)/t10-,12-,14-,15+/m0/s1. The first kappa shape index (κ1) is 15.4. The van der Waals surface area contributed by atoms with Gasteiger partial charge in [0.15, 0.2) is 0 Å². The van der Waals surface area contributed by atoms with Gasteiger partial charge >= 0.3 is 0 Å². The Labute approximate surface area is 147 Å². The zero-order chi connectivity index (χ0) is 17.1. The van der Waals surface area contributed by atoms with Crippen molar-refractivity contribution in [1.29, 1.82) is 0 Å². The number of nitrogens with zero attached hydrogens (tertiary/aromatic N) is 2. The van der Waals surface area contributed by atoms with Crippen LogP contribution in [0.3, 0.4) is 0 Å². The maximum atomic E-state index is 13.1. The molecule has 1 amide bonds. The van der Waals surface area contributed by atoms with Crippen LogP contribution < -0.4 is 5.32 Å². The van der Waals surface area contributed by atoms with Crippen LogP contribution >= 0.6 is 0 Å². The van der Waals surface area contributed by atoms with Gasteiger partial charge in [-0.05, 0) is 69.8 Å². The van der Waals surface area contributed by atoms with Crippen molar-refractivity contribution in [2.45, 2.75) is 64.3 Å². The van der Waals surface area contributed by atoms with E-state index in [0.717, 1.165) is 41.5 Å². The molecular formula is C20H25N3O2. The van der Waals surface area contributed by atoms with Gasteiger partial charge in [0.25, 0.3) is 11.6 Å². The fourth-order valence-corrected chi connectivity index (χ4v) is 5.18. The van der Waals surface area contributed by atoms with E-state index in [1.54, 1.807) is 0 Å². The average Bonchev–Trinajstić information content (AvgIpc) is 3.06. The first-order chi connectivity index (χ1) is 12.1. The van der Waals surface area contributed by atoms with Crippen LogP contribution in [0.5, 0.6) is 0 Å². The number of nitrogens with one attached hydrogen (secondary N) is 1. The number of hydrogen-bond donors (Lipinski definition) is 1. The summed E-state index contributed by atoms with van der Waals surface area (Å²) in [5.41, 5.74) is 2.89. The van der Waals surface area contributed by atoms with E-state index in [9.17, 15) is 4.79 Å². The van der Waals surface area contributed by atoms with Crippen LogP contribution in [-0.2, 0) is 0 Å². The lowest BCUT2D eigenvalue weighted by atomic mass is 9.84. The predicted molar refractivity (Wildman–Crippen MR) is 94.4 cm³/mol. The van der Waals surface area contributed by atoms with Crippen molar-refractivity contribution in [2.75, 3.05) is 0 Å². The second-order valence-electron chi connectivity index (χ2n) is 8.42. The Morgan fingerprint density at radius 3 is 2.80 bits per heavy atom. The van der Waals surface area contributed by atoms with E-state index in [0.29, 0.717) is 23.1 Å². The van der Waals surface area contributed by atoms with Gasteiger partial charge in [-0.3, -0.25) is 4.79 Å². The number of rotatable bonds is 4. The molecule has 2 heterocycles. The number of pyridine rings is 1. The molecule has 3 saturated carbocycles. The van der Waals surface area contributed by atoms with Crippen LogP contribution in [0, 0.1) is 24.7 Å². The van der Waals surface area contributed by atoms with E-state index >= 15 is 0 Å². The highest BCUT2D eigenvalue weighted by Crippen LogP contribution is 2.49. The second kappa shape index (κ2) is 5.55. The van der Waals surface area contributed by atoms with Crippen molar-refractivity contribution < 1.29 is 9.32 Å². The van der Waals surface area contributed by atoms with E-state index in [1.807, 2.05) is 13.0 Å². The van der Waals surface area contributed by atoms with E-state index in [-0.39, 0.29) is 11.9 Å². The van der Waals surface area contributed by atoms with Gasteiger partial charge in [-0.25, -0.2) is 4.98 Å². The maximum Gasteiger partial charge on any atom is 0.259 e. The van der Waals surface area contributed by atoms with Crippen LogP contribution in [0.4, 0.5) is 0 Å². The monoisotopic (exact) mass is 339 g/mol. The first-order valence-electron chi connectivity index (χ1n) is 9.68. The van der Waals surface area contributed by atoms with E-state index < -0.39 is 0 Å². The summed E-state index contributed by atoms with van der Waals surface area (Å²) in [7, 11) is 0. The third-order valence-corrected chi connectivity index (χ3v) is 6.67. The zero-order valence-electron chi connectivity index (χ0n) is 14.9. The number of carbonyl (C=O) groups excluding carboxylic acids is 1. The molecule has 5 nitrogen and oxygen atoms in total. The fourth-order valence-electron chi connectivity index (χ4n) is 5.18. The van der Waals surface area contributed by atoms with Crippen molar-refractivity contribution >= 4 is 17.0 Å². The number of fused-ring (bicyclic) bond motifs is 3. The summed E-state index contributed by atoms with van der Waals surface area (Å²) in [5, 5.41) is 8.08. The Hall–Kier alpha value is -1.91. The number of carbonyl (C=O) groups is 1. The molecule has 0 unspecified atom stereocenters. The van der Waals surface area contributed by atoms with Crippen molar-refractivity contribution in [3.05, 3.63) is 23.0 Å². The maximum absolute atomic E-state index is 13.1. The lowest BCUT2D eigenvalue weighted by Gasteiger charge is -2.28. The Morgan fingerprint density at radius 2 is 2.12 bits per heavy atom. The normalized spacial score (nSPS) is 29.3. The minimum Gasteiger partial charge on any atom is -0.349 e. The van der Waals surface area contributed by atoms with Crippen molar-refractivity contribution in [3.63, 3.8) is 0 Å². The van der Waals surface area contributed by atoms with Crippen molar-refractivity contribution in [1.82, 2.24) is 15.5 Å². The molecule has 4 atom stereocenters. The molecule has 3 fully saturated rings. The fraction of sp³-hybridized carbons (Fsp3) is 0.650. The van der Waals surface area contributed by atoms with Gasteiger partial charge < -0.3 is 9.84 Å². The molecule has 1 N–H and O–H groups in total. The molecule has 25 heavy (non-hydrogen) atoms. The number of amides is 1. The van der Waals surface area contributed by atoms with Crippen molar-refractivity contribution in [3.8, 4) is 0 Å². The molecule has 5 heteroatoms. The molecule has 0 aliphatic heterocycles. The van der Waals surface area contributed by atoms with E-state index in [1.165, 1.54) is 25.7 Å². The molecule has 0 spiro atoms. The van der Waals surface area contributed by atoms with Gasteiger partial charge in [0.05, 0.1) is 16.6 Å². The zero-order valence-corrected chi connectivity index (χ0v) is 14.9. The largest absolute Gasteiger partial charge is 0.349 e. The number of aromatic nitrogens is 2. The third kappa shape index (κ3) is 2.55. The summed E-state index contributed by atoms with van der Waals surface area (Å²) < 4.78 is 5.36. The molecule has 5 rings (SSSR count). The third-order valence-electron chi connectivity index (χ3n) is 6.67. The van der Waals surface area contributed by atoms with E-state index in [4.69, 9.17) is 4.52 Å². The first-order valence-corrected chi connectivity index (χ1v) is 9.68. The smallest absolute Gasteiger partial charge is 0.259 e. The summed E-state index contributed by atoms with van der Waals surface area (Å²) in [4.78, 5) is 17.6. The molecule has 0 radical (unpaired) electrons. The summed E-state index contributed by atoms with van der Waals surface area (Å²) in [6.45, 7) is 4.05. The molecule has 132 valence electrons. The quantitative estimate of drug-likeness (QED) is 0.915. The molecule has 2 bridgehead atoms. The topological polar surface area (TPSA) is 68.0 Å². The van der Waals surface area contributed by atoms with Gasteiger partial charge in [0.2, 0.25) is 0 Å². The number of aryl methyl sites for hydroxylation is 1. The lowest BCUT2D eigenvalue weighted by Crippen LogP contribution is -2.40. The molecule has 2 aromatic heterocycles. The summed E-state index contributed by atoms with van der Waals surface area (Å²) in [5.74, 6) is 2.80. The van der Waals surface area contributed by atoms with E-state index in [2.05, 4.69) is 22.4 Å². The van der Waals surface area contributed by atoms with Crippen LogP contribution in [0.15, 0.2) is 10.6 Å². The van der Waals surface area contributed by atoms with Gasteiger partial charge in [-0.2, -0.15) is 0 Å². The van der Waals surface area contributed by atoms with Crippen LogP contribution in [-0.4, -0.2) is 22.1 Å². The Balaban J connectivity index is 1.43. The molecular weight excluding hydrogens is 314 g/mol. The summed E-state index contributed by atoms with van der Waals surface area (Å²) in [6.07, 6.45) is 7.66. The lowest BCUT2D eigenvalue weighted by molar-refractivity contribution is 0.0916. The molecule has 2 aromatic rings. The van der Waals surface area contributed by atoms with Crippen molar-refractivity contribution in [2.24, 2.45) is 17.8 Å². The Morgan fingerprint density at radius 1 is 1.28 bits per heavy atom. The highest BCUT2D eigenvalue weighted by atomic mass is 16.5. The van der Waals surface area contributed by atoms with Gasteiger partial charge in [-0.15, -0.1) is 0 Å².